The summed E-state index contributed by atoms with van der Waals surface area (Å²) in [5, 5.41) is 5.20. The van der Waals surface area contributed by atoms with E-state index in [4.69, 9.17) is 33.0 Å². The van der Waals surface area contributed by atoms with E-state index in [1.165, 1.54) is 59.9 Å². The van der Waals surface area contributed by atoms with Gasteiger partial charge in [-0.3, -0.25) is 4.79 Å². The lowest BCUT2D eigenvalue weighted by molar-refractivity contribution is -0.123. The minimum absolute atomic E-state index is 0.0466. The summed E-state index contributed by atoms with van der Waals surface area (Å²) in [6, 6.07) is 11.7. The van der Waals surface area contributed by atoms with Crippen molar-refractivity contribution in [3.63, 3.8) is 0 Å². The van der Waals surface area contributed by atoms with Gasteiger partial charge in [-0.05, 0) is 47.8 Å². The third-order valence-corrected chi connectivity index (χ3v) is 13.4. The summed E-state index contributed by atoms with van der Waals surface area (Å²) in [5.41, 5.74) is 0. The number of thioether (sulfide) groups is 2. The van der Waals surface area contributed by atoms with Crippen LogP contribution in [0.4, 0.5) is 0 Å². The first-order valence-electron chi connectivity index (χ1n) is 12.1. The number of benzene rings is 2. The van der Waals surface area contributed by atoms with E-state index in [2.05, 4.69) is 10.6 Å². The molecule has 0 aromatic heterocycles. The lowest BCUT2D eigenvalue weighted by atomic mass is 10.3. The van der Waals surface area contributed by atoms with E-state index in [1.807, 2.05) is 0 Å². The molecule has 2 N–H and O–H groups in total. The maximum absolute atomic E-state index is 13.2. The highest BCUT2D eigenvalue weighted by molar-refractivity contribution is 8.01. The minimum atomic E-state index is -4.13. The molecule has 40 heavy (non-hydrogen) atoms. The van der Waals surface area contributed by atoms with Crippen LogP contribution < -0.4 is 20.1 Å². The highest BCUT2D eigenvalue weighted by Gasteiger charge is 2.35. The Bertz CT molecular complexity index is 1290. The van der Waals surface area contributed by atoms with Crippen molar-refractivity contribution in [2.45, 2.75) is 20.5 Å². The Hall–Kier alpha value is -1.27. The van der Waals surface area contributed by atoms with E-state index in [-0.39, 0.29) is 21.3 Å². The lowest BCUT2D eigenvalue weighted by Gasteiger charge is -2.28. The Balaban J connectivity index is 1.40. The second-order valence-corrected chi connectivity index (χ2v) is 15.8. The van der Waals surface area contributed by atoms with Crippen molar-refractivity contribution in [1.82, 2.24) is 18.3 Å². The Morgan fingerprint density at radius 1 is 0.775 bits per heavy atom. The molecule has 2 atom stereocenters. The summed E-state index contributed by atoms with van der Waals surface area (Å²) in [4.78, 5) is 12.3. The van der Waals surface area contributed by atoms with Gasteiger partial charge >= 0.3 is 0 Å². The zero-order valence-electron chi connectivity index (χ0n) is 21.1. The molecular formula is C23H28Cl2N4O7S4. The first-order valence-corrected chi connectivity index (χ1v) is 17.8. The molecule has 2 unspecified atom stereocenters. The number of para-hydroxylation sites is 2. The van der Waals surface area contributed by atoms with Gasteiger partial charge in [0.25, 0.3) is 20.0 Å². The van der Waals surface area contributed by atoms with Crippen LogP contribution in [0.3, 0.4) is 0 Å². The molecule has 2 aliphatic heterocycles. The Kier molecular flexibility index (Phi) is 11.3. The van der Waals surface area contributed by atoms with E-state index >= 15 is 0 Å². The maximum atomic E-state index is 13.2. The van der Waals surface area contributed by atoms with Gasteiger partial charge in [-0.1, -0.05) is 31.9 Å². The van der Waals surface area contributed by atoms with Gasteiger partial charge < -0.3 is 20.1 Å². The third-order valence-electron chi connectivity index (χ3n) is 5.76. The Morgan fingerprint density at radius 3 is 1.55 bits per heavy atom. The Morgan fingerprint density at radius 2 is 1.18 bits per heavy atom. The molecule has 2 saturated heterocycles. The average molecular weight is 672 g/mol. The number of ether oxygens (including phenoxy) is 2. The quantitative estimate of drug-likeness (QED) is 0.322. The standard InChI is InChI=1S/C23H28Cl2N4O7S4/c24-28(22-13-26-9-11-37-22)39(31,32)20-7-3-1-5-18(20)35-15-17(30)16-36-19-6-2-4-8-21(19)40(33,34)29(25)23-14-27-10-12-38-23/h1-8,22-23,26-27H,9-16H2. The summed E-state index contributed by atoms with van der Waals surface area (Å²) < 4.78 is 65.4. The number of carbonyl (C=O) groups excluding carboxylic acids is 1. The van der Waals surface area contributed by atoms with E-state index in [1.54, 1.807) is 12.1 Å². The summed E-state index contributed by atoms with van der Waals surface area (Å²) in [7, 11) is -8.26. The number of Topliss-reactive ketones (excluding diaryl/α,β-unsaturated/α-hetero) is 1. The van der Waals surface area contributed by atoms with Crippen molar-refractivity contribution in [3.05, 3.63) is 48.5 Å². The molecule has 17 heteroatoms. The number of carbonyl (C=O) groups is 1. The van der Waals surface area contributed by atoms with Gasteiger partial charge in [0, 0.05) is 37.7 Å². The number of hydrogen-bond acceptors (Lipinski definition) is 11. The van der Waals surface area contributed by atoms with E-state index in [0.717, 1.165) is 20.7 Å². The summed E-state index contributed by atoms with van der Waals surface area (Å²) in [6.45, 7) is 1.26. The van der Waals surface area contributed by atoms with Crippen LogP contribution >= 0.6 is 47.1 Å². The molecule has 220 valence electrons. The van der Waals surface area contributed by atoms with Crippen molar-refractivity contribution in [3.8, 4) is 11.5 Å². The predicted octanol–water partition coefficient (Wildman–Crippen LogP) is 2.33. The smallest absolute Gasteiger partial charge is 0.261 e. The maximum Gasteiger partial charge on any atom is 0.261 e. The number of sulfonamides is 2. The topological polar surface area (TPSA) is 134 Å². The van der Waals surface area contributed by atoms with Crippen molar-refractivity contribution < 1.29 is 31.1 Å². The molecule has 4 rings (SSSR count). The molecule has 11 nitrogen and oxygen atoms in total. The number of halogens is 2. The summed E-state index contributed by atoms with van der Waals surface area (Å²) in [5.74, 6) is 0.772. The SMILES string of the molecule is O=C(COc1ccccc1S(=O)(=O)N(Cl)C1CNCCS1)COc1ccccc1S(=O)(=O)N(Cl)C1CNCCS1. The monoisotopic (exact) mass is 670 g/mol. The van der Waals surface area contributed by atoms with Crippen molar-refractivity contribution >= 4 is 72.9 Å². The molecule has 0 radical (unpaired) electrons. The largest absolute Gasteiger partial charge is 0.484 e. The molecule has 2 fully saturated rings. The normalized spacial score (nSPS) is 20.4. The van der Waals surface area contributed by atoms with Crippen LogP contribution in [0.25, 0.3) is 0 Å². The first-order chi connectivity index (χ1) is 19.1. The molecule has 0 spiro atoms. The molecule has 0 bridgehead atoms. The molecule has 0 amide bonds. The van der Waals surface area contributed by atoms with Crippen LogP contribution in [0.2, 0.25) is 0 Å². The average Bonchev–Trinajstić information content (AvgIpc) is 2.99. The fraction of sp³-hybridized carbons (Fsp3) is 0.435. The zero-order valence-corrected chi connectivity index (χ0v) is 25.8. The fourth-order valence-corrected chi connectivity index (χ4v) is 9.93. The number of nitrogens with one attached hydrogen (secondary N) is 2. The second-order valence-electron chi connectivity index (χ2n) is 8.56. The van der Waals surface area contributed by atoms with E-state index < -0.39 is 49.8 Å². The third kappa shape index (κ3) is 7.56. The molecule has 0 saturated carbocycles. The van der Waals surface area contributed by atoms with Gasteiger partial charge in [-0.2, -0.15) is 0 Å². The van der Waals surface area contributed by atoms with Crippen LogP contribution in [-0.4, -0.2) is 91.9 Å². The molecule has 2 aromatic rings. The summed E-state index contributed by atoms with van der Waals surface area (Å²) in [6.07, 6.45) is 0. The van der Waals surface area contributed by atoms with Gasteiger partial charge in [0.15, 0.2) is 13.2 Å². The predicted molar refractivity (Wildman–Crippen MR) is 157 cm³/mol. The van der Waals surface area contributed by atoms with Crippen LogP contribution in [0, 0.1) is 0 Å². The number of nitrogens with zero attached hydrogens (tertiary/aromatic N) is 2. The van der Waals surface area contributed by atoms with Crippen LogP contribution in [0.5, 0.6) is 11.5 Å². The first kappa shape index (κ1) is 31.7. The minimum Gasteiger partial charge on any atom is -0.484 e. The molecule has 2 heterocycles. The highest BCUT2D eigenvalue weighted by atomic mass is 35.5. The van der Waals surface area contributed by atoms with Crippen LogP contribution in [0.1, 0.15) is 0 Å². The number of rotatable bonds is 12. The molecule has 2 aliphatic rings. The Labute approximate surface area is 252 Å². The van der Waals surface area contributed by atoms with E-state index in [9.17, 15) is 21.6 Å². The lowest BCUT2D eigenvalue weighted by Crippen LogP contribution is -2.42. The number of ketones is 1. The van der Waals surface area contributed by atoms with Gasteiger partial charge in [0.2, 0.25) is 5.78 Å². The van der Waals surface area contributed by atoms with Crippen LogP contribution in [0.15, 0.2) is 58.3 Å². The van der Waals surface area contributed by atoms with Crippen LogP contribution in [-0.2, 0) is 24.8 Å². The van der Waals surface area contributed by atoms with Gasteiger partial charge in [-0.15, -0.1) is 23.5 Å². The van der Waals surface area contributed by atoms with E-state index in [0.29, 0.717) is 24.6 Å². The molecule has 0 aliphatic carbocycles. The second kappa shape index (κ2) is 14.3. The molecular weight excluding hydrogens is 643 g/mol. The zero-order chi connectivity index (χ0) is 28.8. The fourth-order valence-electron chi connectivity index (χ4n) is 3.78. The van der Waals surface area contributed by atoms with Gasteiger partial charge in [0.1, 0.15) is 21.3 Å². The number of hydrogen-bond donors (Lipinski definition) is 2. The van der Waals surface area contributed by atoms with Gasteiger partial charge in [-0.25, -0.2) is 16.8 Å². The van der Waals surface area contributed by atoms with Crippen molar-refractivity contribution in [1.29, 1.82) is 0 Å². The molecule has 2 aromatic carbocycles. The summed E-state index contributed by atoms with van der Waals surface area (Å²) >= 11 is 15.3. The highest BCUT2D eigenvalue weighted by Crippen LogP contribution is 2.33. The van der Waals surface area contributed by atoms with Crippen molar-refractivity contribution in [2.24, 2.45) is 0 Å². The van der Waals surface area contributed by atoms with Crippen molar-refractivity contribution in [2.75, 3.05) is 50.9 Å². The van der Waals surface area contributed by atoms with Gasteiger partial charge in [0.05, 0.1) is 10.7 Å².